The molecule has 2 aliphatic heterocycles. The smallest absolute Gasteiger partial charge is 0.162 e. The third kappa shape index (κ3) is 6.65. The molecule has 0 aliphatic carbocycles. The van der Waals surface area contributed by atoms with Crippen LogP contribution >= 0.6 is 11.8 Å². The summed E-state index contributed by atoms with van der Waals surface area (Å²) in [5.41, 5.74) is 3.34. The van der Waals surface area contributed by atoms with E-state index in [1.54, 1.807) is 0 Å². The summed E-state index contributed by atoms with van der Waals surface area (Å²) < 4.78 is 0. The van der Waals surface area contributed by atoms with Crippen molar-refractivity contribution in [2.24, 2.45) is 0 Å². The van der Waals surface area contributed by atoms with E-state index in [-0.39, 0.29) is 5.78 Å². The van der Waals surface area contributed by atoms with Crippen molar-refractivity contribution in [1.82, 2.24) is 9.80 Å². The molecule has 4 rings (SSSR count). The Hall–Kier alpha value is -1.82. The largest absolute Gasteiger partial charge is 0.340 e. The quantitative estimate of drug-likeness (QED) is 0.245. The molecule has 184 valence electrons. The van der Waals surface area contributed by atoms with Gasteiger partial charge in [-0.25, -0.2) is 0 Å². The van der Waals surface area contributed by atoms with Gasteiger partial charge in [0.05, 0.1) is 11.4 Å². The highest BCUT2D eigenvalue weighted by atomic mass is 32.2. The van der Waals surface area contributed by atoms with E-state index in [0.29, 0.717) is 6.42 Å². The van der Waals surface area contributed by atoms with Gasteiger partial charge in [0.1, 0.15) is 0 Å². The van der Waals surface area contributed by atoms with E-state index in [0.717, 1.165) is 18.5 Å². The Labute approximate surface area is 210 Å². The molecule has 0 radical (unpaired) electrons. The predicted molar refractivity (Wildman–Crippen MR) is 145 cm³/mol. The Bertz CT molecular complexity index is 939. The zero-order valence-corrected chi connectivity index (χ0v) is 21.9. The molecule has 1 saturated heterocycles. The van der Waals surface area contributed by atoms with Crippen LogP contribution in [0.4, 0.5) is 11.4 Å². The third-order valence-corrected chi connectivity index (χ3v) is 8.26. The van der Waals surface area contributed by atoms with E-state index < -0.39 is 0 Å². The fourth-order valence-electron chi connectivity index (χ4n) is 5.00. The summed E-state index contributed by atoms with van der Waals surface area (Å²) in [4.78, 5) is 22.6. The number of fused-ring (bicyclic) bond motifs is 2. The van der Waals surface area contributed by atoms with Gasteiger partial charge in [0.15, 0.2) is 5.78 Å². The fraction of sp³-hybridized carbons (Fsp3) is 0.552. The lowest BCUT2D eigenvalue weighted by Crippen LogP contribution is -2.44. The number of ketones is 1. The van der Waals surface area contributed by atoms with Gasteiger partial charge >= 0.3 is 0 Å². The molecule has 0 saturated carbocycles. The van der Waals surface area contributed by atoms with E-state index in [9.17, 15) is 4.79 Å². The monoisotopic (exact) mass is 479 g/mol. The average molecular weight is 480 g/mol. The molecule has 0 spiro atoms. The van der Waals surface area contributed by atoms with Crippen molar-refractivity contribution in [2.75, 3.05) is 51.2 Å². The van der Waals surface area contributed by atoms with Crippen molar-refractivity contribution in [2.45, 2.75) is 68.1 Å². The zero-order valence-electron chi connectivity index (χ0n) is 21.1. The lowest BCUT2D eigenvalue weighted by Gasteiger charge is -2.33. The summed E-state index contributed by atoms with van der Waals surface area (Å²) in [5, 5.41) is 0. The number of anilines is 2. The summed E-state index contributed by atoms with van der Waals surface area (Å²) in [7, 11) is 2.22. The van der Waals surface area contributed by atoms with Crippen molar-refractivity contribution >= 4 is 28.9 Å². The Morgan fingerprint density at radius 1 is 0.824 bits per heavy atom. The van der Waals surface area contributed by atoms with Crippen LogP contribution in [0.3, 0.4) is 0 Å². The van der Waals surface area contributed by atoms with Crippen LogP contribution in [0.5, 0.6) is 0 Å². The molecule has 5 heteroatoms. The van der Waals surface area contributed by atoms with Crippen molar-refractivity contribution in [3.05, 3.63) is 48.0 Å². The van der Waals surface area contributed by atoms with Crippen LogP contribution in [-0.4, -0.2) is 61.9 Å². The van der Waals surface area contributed by atoms with Gasteiger partial charge in [0.25, 0.3) is 0 Å². The van der Waals surface area contributed by atoms with E-state index in [1.165, 1.54) is 92.4 Å². The van der Waals surface area contributed by atoms with E-state index in [4.69, 9.17) is 0 Å². The summed E-state index contributed by atoms with van der Waals surface area (Å²) >= 11 is 1.82. The molecule has 4 nitrogen and oxygen atoms in total. The first-order valence-electron chi connectivity index (χ1n) is 13.3. The second-order valence-electron chi connectivity index (χ2n) is 9.84. The van der Waals surface area contributed by atoms with Crippen LogP contribution in [0, 0.1) is 0 Å². The zero-order chi connectivity index (χ0) is 23.8. The summed E-state index contributed by atoms with van der Waals surface area (Å²) in [6.07, 6.45) is 9.31. The highest BCUT2D eigenvalue weighted by Gasteiger charge is 2.24. The Balaban J connectivity index is 1.27. The molecule has 0 amide bonds. The molecular weight excluding hydrogens is 438 g/mol. The first kappa shape index (κ1) is 25.3. The van der Waals surface area contributed by atoms with Crippen LogP contribution < -0.4 is 4.90 Å². The molecule has 2 aromatic carbocycles. The maximum atomic E-state index is 12.6. The molecule has 2 aliphatic rings. The molecule has 0 bridgehead atoms. The van der Waals surface area contributed by atoms with Gasteiger partial charge in [-0.3, -0.25) is 4.79 Å². The maximum Gasteiger partial charge on any atom is 0.162 e. The molecule has 0 atom stereocenters. The van der Waals surface area contributed by atoms with Crippen molar-refractivity contribution < 1.29 is 4.79 Å². The van der Waals surface area contributed by atoms with E-state index in [1.807, 2.05) is 17.8 Å². The van der Waals surface area contributed by atoms with E-state index >= 15 is 0 Å². The molecule has 34 heavy (non-hydrogen) atoms. The Kier molecular flexibility index (Phi) is 9.49. The van der Waals surface area contributed by atoms with Crippen molar-refractivity contribution in [1.29, 1.82) is 0 Å². The number of hydrogen-bond donors (Lipinski definition) is 0. The standard InChI is InChI=1S/C29H41N3OS/c1-3-12-27(33)24-15-16-29-26(23-24)32(25-13-8-9-14-28(25)34-29)18-11-7-5-4-6-10-17-31-21-19-30(2)20-22-31/h8-9,13-16,23H,3-7,10-12,17-22H2,1-2H3. The minimum Gasteiger partial charge on any atom is -0.340 e. The number of nitrogens with zero attached hydrogens (tertiary/aromatic N) is 3. The number of likely N-dealkylation sites (N-methyl/N-ethyl adjacent to an activating group) is 1. The Morgan fingerprint density at radius 2 is 1.50 bits per heavy atom. The predicted octanol–water partition coefficient (Wildman–Crippen LogP) is 6.86. The molecule has 0 N–H and O–H groups in total. The third-order valence-electron chi connectivity index (χ3n) is 7.13. The minimum absolute atomic E-state index is 0.255. The fourth-order valence-corrected chi connectivity index (χ4v) is 6.08. The van der Waals surface area contributed by atoms with Gasteiger partial charge in [-0.1, -0.05) is 62.6 Å². The number of rotatable bonds is 12. The molecule has 0 unspecified atom stereocenters. The van der Waals surface area contributed by atoms with Crippen LogP contribution in [-0.2, 0) is 0 Å². The van der Waals surface area contributed by atoms with Gasteiger partial charge < -0.3 is 14.7 Å². The summed E-state index contributed by atoms with van der Waals surface area (Å²) in [5.74, 6) is 0.255. The maximum absolute atomic E-state index is 12.6. The topological polar surface area (TPSA) is 26.8 Å². The number of para-hydroxylation sites is 1. The number of Topliss-reactive ketones (excluding diaryl/α,β-unsaturated/α-hetero) is 1. The molecule has 2 heterocycles. The normalized spacial score (nSPS) is 16.4. The van der Waals surface area contributed by atoms with Crippen molar-refractivity contribution in [3.8, 4) is 0 Å². The Morgan fingerprint density at radius 3 is 2.26 bits per heavy atom. The second kappa shape index (κ2) is 12.8. The van der Waals surface area contributed by atoms with Crippen LogP contribution in [0.2, 0.25) is 0 Å². The summed E-state index contributed by atoms with van der Waals surface area (Å²) in [6, 6.07) is 15.0. The average Bonchev–Trinajstić information content (AvgIpc) is 2.86. The minimum atomic E-state index is 0.255. The molecule has 2 aromatic rings. The van der Waals surface area contributed by atoms with Gasteiger partial charge in [-0.15, -0.1) is 0 Å². The van der Waals surface area contributed by atoms with Gasteiger partial charge in [0.2, 0.25) is 0 Å². The number of hydrogen-bond acceptors (Lipinski definition) is 5. The number of unbranched alkanes of at least 4 members (excludes halogenated alkanes) is 5. The SMILES string of the molecule is CCCC(=O)c1ccc2c(c1)N(CCCCCCCCN1CCN(C)CC1)c1ccccc1S2. The second-order valence-corrected chi connectivity index (χ2v) is 10.9. The van der Waals surface area contributed by atoms with Crippen LogP contribution in [0.25, 0.3) is 0 Å². The lowest BCUT2D eigenvalue weighted by molar-refractivity contribution is 0.0981. The number of carbonyl (C=O) groups is 1. The van der Waals surface area contributed by atoms with Crippen molar-refractivity contribution in [3.63, 3.8) is 0 Å². The highest BCUT2D eigenvalue weighted by molar-refractivity contribution is 7.99. The molecular formula is C29H41N3OS. The van der Waals surface area contributed by atoms with Crippen LogP contribution in [0.15, 0.2) is 52.3 Å². The molecule has 1 fully saturated rings. The van der Waals surface area contributed by atoms with E-state index in [2.05, 4.69) is 65.1 Å². The number of benzene rings is 2. The van der Waals surface area contributed by atoms with Gasteiger partial charge in [-0.2, -0.15) is 0 Å². The first-order chi connectivity index (χ1) is 16.7. The lowest BCUT2D eigenvalue weighted by atomic mass is 10.0. The molecule has 0 aromatic heterocycles. The van der Waals surface area contributed by atoms with Gasteiger partial charge in [-0.05, 0) is 57.1 Å². The number of piperazine rings is 1. The van der Waals surface area contributed by atoms with Gasteiger partial charge in [0, 0.05) is 54.5 Å². The summed E-state index contributed by atoms with van der Waals surface area (Å²) in [6.45, 7) is 9.26. The first-order valence-corrected chi connectivity index (χ1v) is 14.1. The number of carbonyl (C=O) groups excluding carboxylic acids is 1. The van der Waals surface area contributed by atoms with Crippen LogP contribution in [0.1, 0.15) is 68.6 Å². The highest BCUT2D eigenvalue weighted by Crippen LogP contribution is 2.48.